The summed E-state index contributed by atoms with van der Waals surface area (Å²) >= 11 is 7.62. The molecule has 0 radical (unpaired) electrons. The molecule has 2 N–H and O–H groups in total. The van der Waals surface area contributed by atoms with Gasteiger partial charge in [-0.15, -0.1) is 11.3 Å². The molecule has 0 saturated carbocycles. The number of nitrogens with zero attached hydrogens (tertiary/aromatic N) is 1. The maximum Gasteiger partial charge on any atom is 0.221 e. The van der Waals surface area contributed by atoms with E-state index in [1.807, 2.05) is 11.4 Å². The lowest BCUT2D eigenvalue weighted by atomic mass is 10.2. The predicted octanol–water partition coefficient (Wildman–Crippen LogP) is 3.84. The molecule has 1 aromatic carbocycles. The highest BCUT2D eigenvalue weighted by Gasteiger charge is 2.07. The molecule has 1 heterocycles. The van der Waals surface area contributed by atoms with E-state index in [9.17, 15) is 4.79 Å². The van der Waals surface area contributed by atoms with Gasteiger partial charge >= 0.3 is 0 Å². The Morgan fingerprint density at radius 3 is 2.90 bits per heavy atom. The van der Waals surface area contributed by atoms with Crippen LogP contribution in [-0.4, -0.2) is 5.91 Å². The second-order valence-electron chi connectivity index (χ2n) is 4.10. The van der Waals surface area contributed by atoms with Gasteiger partial charge in [0.2, 0.25) is 5.91 Å². The van der Waals surface area contributed by atoms with E-state index in [1.165, 1.54) is 6.92 Å². The smallest absolute Gasteiger partial charge is 0.221 e. The van der Waals surface area contributed by atoms with Gasteiger partial charge in [-0.05, 0) is 29.6 Å². The van der Waals surface area contributed by atoms with Gasteiger partial charge in [0, 0.05) is 11.8 Å². The molecule has 0 bridgehead atoms. The van der Waals surface area contributed by atoms with Crippen LogP contribution in [0.2, 0.25) is 5.02 Å². The largest absolute Gasteiger partial charge is 0.379 e. The summed E-state index contributed by atoms with van der Waals surface area (Å²) in [6.07, 6.45) is 0. The van der Waals surface area contributed by atoms with Gasteiger partial charge in [-0.1, -0.05) is 11.6 Å². The minimum atomic E-state index is -0.103. The monoisotopic (exact) mass is 305 g/mol. The first-order valence-corrected chi connectivity index (χ1v) is 7.13. The third-order valence-electron chi connectivity index (χ3n) is 2.59. The molecule has 4 nitrogen and oxygen atoms in total. The van der Waals surface area contributed by atoms with Crippen LogP contribution < -0.4 is 10.6 Å². The van der Waals surface area contributed by atoms with Crippen molar-refractivity contribution in [3.05, 3.63) is 45.1 Å². The molecule has 102 valence electrons. The van der Waals surface area contributed by atoms with Gasteiger partial charge in [-0.3, -0.25) is 4.79 Å². The highest BCUT2D eigenvalue weighted by molar-refractivity contribution is 7.10. The van der Waals surface area contributed by atoms with Crippen LogP contribution in [0.3, 0.4) is 0 Å². The number of hydrogen-bond donors (Lipinski definition) is 2. The molecule has 2 rings (SSSR count). The SMILES string of the molecule is CC(=O)Nc1ccsc1CNc1cc(C#N)ccc1Cl. The Morgan fingerprint density at radius 1 is 1.40 bits per heavy atom. The molecule has 0 unspecified atom stereocenters. The average molecular weight is 306 g/mol. The molecule has 0 saturated heterocycles. The zero-order valence-corrected chi connectivity index (χ0v) is 12.3. The lowest BCUT2D eigenvalue weighted by molar-refractivity contribution is -0.114. The Kier molecular flexibility index (Phi) is 4.61. The Bertz CT molecular complexity index is 675. The lowest BCUT2D eigenvalue weighted by Crippen LogP contribution is -2.08. The van der Waals surface area contributed by atoms with Gasteiger partial charge in [-0.25, -0.2) is 0 Å². The van der Waals surface area contributed by atoms with Crippen LogP contribution in [0.15, 0.2) is 29.6 Å². The standard InChI is InChI=1S/C14H12ClN3OS/c1-9(19)18-12-4-5-20-14(12)8-17-13-6-10(7-16)2-3-11(13)15/h2-6,17H,8H2,1H3,(H,18,19). The zero-order chi connectivity index (χ0) is 14.5. The van der Waals surface area contributed by atoms with E-state index < -0.39 is 0 Å². The summed E-state index contributed by atoms with van der Waals surface area (Å²) in [7, 11) is 0. The maximum atomic E-state index is 11.1. The normalized spacial score (nSPS) is 9.85. The molecule has 0 aliphatic rings. The molecule has 1 aromatic heterocycles. The number of nitriles is 1. The number of nitrogens with one attached hydrogen (secondary N) is 2. The Labute approximate surface area is 126 Å². The highest BCUT2D eigenvalue weighted by Crippen LogP contribution is 2.27. The van der Waals surface area contributed by atoms with Crippen molar-refractivity contribution >= 4 is 40.2 Å². The van der Waals surface area contributed by atoms with Crippen molar-refractivity contribution in [3.8, 4) is 6.07 Å². The minimum absolute atomic E-state index is 0.103. The van der Waals surface area contributed by atoms with Crippen molar-refractivity contribution in [1.82, 2.24) is 0 Å². The number of thiophene rings is 1. The number of carbonyl (C=O) groups is 1. The number of halogens is 1. The fraction of sp³-hybridized carbons (Fsp3) is 0.143. The van der Waals surface area contributed by atoms with Crippen LogP contribution in [0.5, 0.6) is 0 Å². The average Bonchev–Trinajstić information content (AvgIpc) is 2.84. The van der Waals surface area contributed by atoms with E-state index in [0.29, 0.717) is 22.8 Å². The second kappa shape index (κ2) is 6.42. The van der Waals surface area contributed by atoms with Crippen molar-refractivity contribution in [2.45, 2.75) is 13.5 Å². The van der Waals surface area contributed by atoms with Crippen molar-refractivity contribution in [3.63, 3.8) is 0 Å². The number of hydrogen-bond acceptors (Lipinski definition) is 4. The molecule has 20 heavy (non-hydrogen) atoms. The lowest BCUT2D eigenvalue weighted by Gasteiger charge is -2.09. The van der Waals surface area contributed by atoms with E-state index in [-0.39, 0.29) is 5.91 Å². The van der Waals surface area contributed by atoms with E-state index in [1.54, 1.807) is 29.5 Å². The number of carbonyl (C=O) groups excluding carboxylic acids is 1. The molecule has 6 heteroatoms. The van der Waals surface area contributed by atoms with Gasteiger partial charge in [0.1, 0.15) is 0 Å². The van der Waals surface area contributed by atoms with Crippen molar-refractivity contribution < 1.29 is 4.79 Å². The molecule has 0 spiro atoms. The highest BCUT2D eigenvalue weighted by atomic mass is 35.5. The molecule has 0 fully saturated rings. The number of anilines is 2. The summed E-state index contributed by atoms with van der Waals surface area (Å²) in [6.45, 7) is 2.00. The fourth-order valence-electron chi connectivity index (χ4n) is 1.68. The summed E-state index contributed by atoms with van der Waals surface area (Å²) in [6, 6.07) is 8.99. The van der Waals surface area contributed by atoms with E-state index in [2.05, 4.69) is 16.7 Å². The number of rotatable bonds is 4. The van der Waals surface area contributed by atoms with Gasteiger partial charge in [0.05, 0.1) is 34.6 Å². The van der Waals surface area contributed by atoms with Crippen LogP contribution >= 0.6 is 22.9 Å². The van der Waals surface area contributed by atoms with Crippen LogP contribution in [0, 0.1) is 11.3 Å². The van der Waals surface area contributed by atoms with Crippen molar-refractivity contribution in [1.29, 1.82) is 5.26 Å². The zero-order valence-electron chi connectivity index (χ0n) is 10.7. The first-order valence-electron chi connectivity index (χ1n) is 5.87. The van der Waals surface area contributed by atoms with Gasteiger partial charge in [0.25, 0.3) is 0 Å². The van der Waals surface area contributed by atoms with Crippen molar-refractivity contribution in [2.24, 2.45) is 0 Å². The Hall–Kier alpha value is -2.03. The quantitative estimate of drug-likeness (QED) is 0.902. The van der Waals surface area contributed by atoms with Crippen LogP contribution in [0.1, 0.15) is 17.4 Å². The summed E-state index contributed by atoms with van der Waals surface area (Å²) < 4.78 is 0. The summed E-state index contributed by atoms with van der Waals surface area (Å²) in [5.41, 5.74) is 2.04. The summed E-state index contributed by atoms with van der Waals surface area (Å²) in [4.78, 5) is 12.1. The molecule has 2 aromatic rings. The summed E-state index contributed by atoms with van der Waals surface area (Å²) in [5, 5.41) is 17.3. The summed E-state index contributed by atoms with van der Waals surface area (Å²) in [5.74, 6) is -0.103. The molecule has 0 atom stereocenters. The third kappa shape index (κ3) is 3.50. The first-order chi connectivity index (χ1) is 9.60. The first kappa shape index (κ1) is 14.4. The number of benzene rings is 1. The van der Waals surface area contributed by atoms with Gasteiger partial charge < -0.3 is 10.6 Å². The fourth-order valence-corrected chi connectivity index (χ4v) is 2.64. The molecule has 0 aliphatic carbocycles. The van der Waals surface area contributed by atoms with E-state index in [4.69, 9.17) is 16.9 Å². The predicted molar refractivity (Wildman–Crippen MR) is 82.1 cm³/mol. The molecule has 1 amide bonds. The van der Waals surface area contributed by atoms with Crippen LogP contribution in [-0.2, 0) is 11.3 Å². The van der Waals surface area contributed by atoms with Crippen molar-refractivity contribution in [2.75, 3.05) is 10.6 Å². The maximum absolute atomic E-state index is 11.1. The third-order valence-corrected chi connectivity index (χ3v) is 3.84. The van der Waals surface area contributed by atoms with Crippen LogP contribution in [0.25, 0.3) is 0 Å². The van der Waals surface area contributed by atoms with Crippen LogP contribution in [0.4, 0.5) is 11.4 Å². The van der Waals surface area contributed by atoms with E-state index in [0.717, 1.165) is 10.6 Å². The molecule has 0 aliphatic heterocycles. The molecular formula is C14H12ClN3OS. The Morgan fingerprint density at radius 2 is 2.20 bits per heavy atom. The van der Waals surface area contributed by atoms with E-state index >= 15 is 0 Å². The topological polar surface area (TPSA) is 64.9 Å². The minimum Gasteiger partial charge on any atom is -0.379 e. The van der Waals surface area contributed by atoms with Gasteiger partial charge in [-0.2, -0.15) is 5.26 Å². The number of amides is 1. The Balaban J connectivity index is 2.11. The second-order valence-corrected chi connectivity index (χ2v) is 5.51. The molecular weight excluding hydrogens is 294 g/mol. The van der Waals surface area contributed by atoms with Gasteiger partial charge in [0.15, 0.2) is 0 Å².